The first-order chi connectivity index (χ1) is 7.00. The molecule has 3 heteroatoms. The molecule has 86 valence electrons. The molecule has 3 aliphatic rings. The third kappa shape index (κ3) is 2.03. The van der Waals surface area contributed by atoms with Gasteiger partial charge in [0.25, 0.3) is 0 Å². The summed E-state index contributed by atoms with van der Waals surface area (Å²) in [7, 11) is 0. The predicted octanol–water partition coefficient (Wildman–Crippen LogP) is 1.67. The maximum absolute atomic E-state index is 11.1. The molecule has 0 aromatic carbocycles. The maximum atomic E-state index is 11.1. The maximum Gasteiger partial charge on any atom is 0.302 e. The number of piperidine rings is 1. The first-order valence-electron chi connectivity index (χ1n) is 5.89. The molecule has 0 aliphatic carbocycles. The lowest BCUT2D eigenvalue weighted by molar-refractivity contribution is -0.154. The number of esters is 1. The normalized spacial score (nSPS) is 38.5. The summed E-state index contributed by atoms with van der Waals surface area (Å²) in [6.45, 7) is 9.28. The number of carbonyl (C=O) groups is 1. The Labute approximate surface area is 91.8 Å². The molecule has 0 saturated carbocycles. The smallest absolute Gasteiger partial charge is 0.302 e. The van der Waals surface area contributed by atoms with Crippen LogP contribution in [0.3, 0.4) is 0 Å². The average Bonchev–Trinajstić information content (AvgIpc) is 2.32. The summed E-state index contributed by atoms with van der Waals surface area (Å²) in [6.07, 6.45) is 2.58. The molecule has 3 fully saturated rings. The van der Waals surface area contributed by atoms with Gasteiger partial charge in [-0.2, -0.15) is 0 Å². The van der Waals surface area contributed by atoms with Crippen LogP contribution in [0.15, 0.2) is 0 Å². The molecule has 0 aromatic rings. The Bertz CT molecular complexity index is 254. The summed E-state index contributed by atoms with van der Waals surface area (Å²) >= 11 is 0. The van der Waals surface area contributed by atoms with Crippen LogP contribution in [0.5, 0.6) is 0 Å². The summed E-state index contributed by atoms with van der Waals surface area (Å²) in [5, 5.41) is 0. The van der Waals surface area contributed by atoms with Crippen molar-refractivity contribution in [3.8, 4) is 0 Å². The minimum atomic E-state index is -0.143. The van der Waals surface area contributed by atoms with Gasteiger partial charge in [-0.1, -0.05) is 13.8 Å². The van der Waals surface area contributed by atoms with Gasteiger partial charge in [-0.25, -0.2) is 0 Å². The molecule has 15 heavy (non-hydrogen) atoms. The lowest BCUT2D eigenvalue weighted by atomic mass is 9.72. The zero-order valence-electron chi connectivity index (χ0n) is 9.95. The van der Waals surface area contributed by atoms with Crippen LogP contribution in [-0.4, -0.2) is 36.6 Å². The van der Waals surface area contributed by atoms with E-state index in [-0.39, 0.29) is 17.5 Å². The number of carbonyl (C=O) groups excluding carboxylic acids is 1. The van der Waals surface area contributed by atoms with Crippen LogP contribution in [0.1, 0.15) is 33.6 Å². The Balaban J connectivity index is 2.18. The summed E-state index contributed by atoms with van der Waals surface area (Å²) in [4.78, 5) is 13.5. The van der Waals surface area contributed by atoms with Gasteiger partial charge in [-0.05, 0) is 31.8 Å². The van der Waals surface area contributed by atoms with Gasteiger partial charge in [-0.3, -0.25) is 9.69 Å². The van der Waals surface area contributed by atoms with Crippen LogP contribution >= 0.6 is 0 Å². The highest BCUT2D eigenvalue weighted by Gasteiger charge is 2.45. The van der Waals surface area contributed by atoms with E-state index in [9.17, 15) is 4.79 Å². The van der Waals surface area contributed by atoms with Crippen LogP contribution < -0.4 is 0 Å². The molecule has 3 rings (SSSR count). The number of hydrogen-bond donors (Lipinski definition) is 0. The van der Waals surface area contributed by atoms with E-state index in [4.69, 9.17) is 4.74 Å². The minimum absolute atomic E-state index is 0.0741. The van der Waals surface area contributed by atoms with Gasteiger partial charge in [0, 0.05) is 18.9 Å². The predicted molar refractivity (Wildman–Crippen MR) is 58.5 cm³/mol. The summed E-state index contributed by atoms with van der Waals surface area (Å²) in [6, 6.07) is 0. The standard InChI is InChI=1S/C12H21NO2/c1-9(14)15-11-8-13-6-4-10(5-7-13)12(11,2)3/h10-11H,4-8H2,1-3H3. The molecule has 0 amide bonds. The molecular weight excluding hydrogens is 190 g/mol. The zero-order valence-corrected chi connectivity index (χ0v) is 9.95. The van der Waals surface area contributed by atoms with E-state index in [2.05, 4.69) is 18.7 Å². The summed E-state index contributed by atoms with van der Waals surface area (Å²) < 4.78 is 5.49. The van der Waals surface area contributed by atoms with E-state index >= 15 is 0 Å². The molecule has 0 radical (unpaired) electrons. The Morgan fingerprint density at radius 3 is 2.47 bits per heavy atom. The Kier molecular flexibility index (Phi) is 2.75. The third-order valence-corrected chi connectivity index (χ3v) is 4.20. The molecule has 3 nitrogen and oxygen atoms in total. The second kappa shape index (κ2) is 3.78. The Morgan fingerprint density at radius 1 is 1.33 bits per heavy atom. The van der Waals surface area contributed by atoms with Gasteiger partial charge in [0.15, 0.2) is 0 Å². The van der Waals surface area contributed by atoms with E-state index in [1.54, 1.807) is 0 Å². The molecule has 0 spiro atoms. The quantitative estimate of drug-likeness (QED) is 0.618. The van der Waals surface area contributed by atoms with Crippen molar-refractivity contribution in [2.45, 2.75) is 39.7 Å². The van der Waals surface area contributed by atoms with E-state index in [1.165, 1.54) is 32.9 Å². The zero-order chi connectivity index (χ0) is 11.1. The van der Waals surface area contributed by atoms with Crippen molar-refractivity contribution in [2.75, 3.05) is 19.6 Å². The van der Waals surface area contributed by atoms with E-state index in [0.29, 0.717) is 5.92 Å². The fraction of sp³-hybridized carbons (Fsp3) is 0.917. The Morgan fingerprint density at radius 2 is 1.93 bits per heavy atom. The monoisotopic (exact) mass is 211 g/mol. The number of ether oxygens (including phenoxy) is 1. The molecule has 3 aliphatic heterocycles. The number of rotatable bonds is 1. The first kappa shape index (κ1) is 10.9. The van der Waals surface area contributed by atoms with Crippen molar-refractivity contribution in [3.63, 3.8) is 0 Å². The molecule has 0 aromatic heterocycles. The molecule has 1 atom stereocenters. The fourth-order valence-electron chi connectivity index (χ4n) is 2.98. The van der Waals surface area contributed by atoms with Crippen molar-refractivity contribution in [1.29, 1.82) is 0 Å². The Hall–Kier alpha value is -0.570. The van der Waals surface area contributed by atoms with Crippen LogP contribution in [0, 0.1) is 11.3 Å². The van der Waals surface area contributed by atoms with Crippen molar-refractivity contribution in [3.05, 3.63) is 0 Å². The van der Waals surface area contributed by atoms with Crippen LogP contribution in [-0.2, 0) is 9.53 Å². The first-order valence-corrected chi connectivity index (χ1v) is 5.89. The van der Waals surface area contributed by atoms with Crippen molar-refractivity contribution >= 4 is 5.97 Å². The van der Waals surface area contributed by atoms with Gasteiger partial charge in [0.1, 0.15) is 6.10 Å². The molecule has 2 bridgehead atoms. The fourth-order valence-corrected chi connectivity index (χ4v) is 2.98. The second-order valence-electron chi connectivity index (χ2n) is 5.49. The van der Waals surface area contributed by atoms with Crippen LogP contribution in [0.2, 0.25) is 0 Å². The molecule has 3 saturated heterocycles. The van der Waals surface area contributed by atoms with E-state index in [1.807, 2.05) is 0 Å². The SMILES string of the molecule is CC(=O)OC1CN2CCC(CC2)C1(C)C. The minimum Gasteiger partial charge on any atom is -0.461 e. The van der Waals surface area contributed by atoms with Gasteiger partial charge in [0.2, 0.25) is 0 Å². The van der Waals surface area contributed by atoms with E-state index in [0.717, 1.165) is 6.54 Å². The van der Waals surface area contributed by atoms with Gasteiger partial charge >= 0.3 is 5.97 Å². The number of hydrogen-bond acceptors (Lipinski definition) is 3. The molecule has 0 N–H and O–H groups in total. The molecular formula is C12H21NO2. The average molecular weight is 211 g/mol. The van der Waals surface area contributed by atoms with Crippen molar-refractivity contribution < 1.29 is 9.53 Å². The van der Waals surface area contributed by atoms with Gasteiger partial charge in [-0.15, -0.1) is 0 Å². The lowest BCUT2D eigenvalue weighted by Crippen LogP contribution is -2.40. The van der Waals surface area contributed by atoms with Gasteiger partial charge in [0.05, 0.1) is 0 Å². The summed E-state index contributed by atoms with van der Waals surface area (Å²) in [5.74, 6) is 0.566. The number of fused-ring (bicyclic) bond motifs is 4. The highest BCUT2D eigenvalue weighted by atomic mass is 16.5. The topological polar surface area (TPSA) is 29.5 Å². The third-order valence-electron chi connectivity index (χ3n) is 4.20. The van der Waals surface area contributed by atoms with Crippen molar-refractivity contribution in [1.82, 2.24) is 4.90 Å². The second-order valence-corrected chi connectivity index (χ2v) is 5.49. The van der Waals surface area contributed by atoms with Gasteiger partial charge < -0.3 is 4.74 Å². The van der Waals surface area contributed by atoms with Crippen molar-refractivity contribution in [2.24, 2.45) is 11.3 Å². The van der Waals surface area contributed by atoms with Crippen LogP contribution in [0.4, 0.5) is 0 Å². The summed E-state index contributed by atoms with van der Waals surface area (Å²) in [5.41, 5.74) is 0.136. The van der Waals surface area contributed by atoms with Crippen LogP contribution in [0.25, 0.3) is 0 Å². The van der Waals surface area contributed by atoms with E-state index < -0.39 is 0 Å². The largest absolute Gasteiger partial charge is 0.461 e. The highest BCUT2D eigenvalue weighted by Crippen LogP contribution is 2.42. The molecule has 3 heterocycles. The lowest BCUT2D eigenvalue weighted by Gasteiger charge is -2.37. The number of nitrogens with zero attached hydrogens (tertiary/aromatic N) is 1. The molecule has 1 unspecified atom stereocenters. The highest BCUT2D eigenvalue weighted by molar-refractivity contribution is 5.66.